The number of benzene rings is 1. The van der Waals surface area contributed by atoms with Gasteiger partial charge in [-0.3, -0.25) is 0 Å². The summed E-state index contributed by atoms with van der Waals surface area (Å²) in [6, 6.07) is 0. The van der Waals surface area contributed by atoms with E-state index in [9.17, 15) is 26.7 Å². The third-order valence-corrected chi connectivity index (χ3v) is 1.69. The molecule has 8 heteroatoms. The number of carbonyl (C=O) groups excluding carboxylic acids is 1. The number of halogens is 5. The van der Waals surface area contributed by atoms with Crippen LogP contribution in [-0.4, -0.2) is 12.6 Å². The maximum Gasteiger partial charge on any atom is 0.412 e. The van der Waals surface area contributed by atoms with Crippen LogP contribution in [0.25, 0.3) is 0 Å². The number of hydrogen-bond donors (Lipinski definition) is 1. The monoisotopic (exact) mass is 255 g/mol. The molecule has 17 heavy (non-hydrogen) atoms. The first-order valence-electron chi connectivity index (χ1n) is 4.37. The van der Waals surface area contributed by atoms with Gasteiger partial charge in [-0.25, -0.2) is 18.0 Å². The topological polar surface area (TPSA) is 38.3 Å². The zero-order chi connectivity index (χ0) is 13.2. The van der Waals surface area contributed by atoms with Gasteiger partial charge in [0.25, 0.3) is 0 Å². The van der Waals surface area contributed by atoms with Crippen LogP contribution in [0.1, 0.15) is 6.92 Å². The van der Waals surface area contributed by atoms with E-state index in [4.69, 9.17) is 0 Å². The maximum atomic E-state index is 13.0. The molecule has 0 fully saturated rings. The largest absolute Gasteiger partial charge is 0.412 e. The van der Waals surface area contributed by atoms with Crippen LogP contribution in [0, 0.1) is 29.1 Å². The number of rotatable bonds is 2. The summed E-state index contributed by atoms with van der Waals surface area (Å²) in [7, 11) is 0. The van der Waals surface area contributed by atoms with E-state index in [0.29, 0.717) is 0 Å². The first-order chi connectivity index (χ1) is 7.90. The number of nitrogens with one attached hydrogen (secondary N) is 1. The average Bonchev–Trinajstić information content (AvgIpc) is 2.30. The van der Waals surface area contributed by atoms with Gasteiger partial charge in [0.05, 0.1) is 0 Å². The molecule has 0 heterocycles. The molecule has 1 amide bonds. The number of amides is 1. The van der Waals surface area contributed by atoms with Crippen LogP contribution in [0.4, 0.5) is 26.7 Å². The van der Waals surface area contributed by atoms with Crippen molar-refractivity contribution in [3.63, 3.8) is 0 Å². The summed E-state index contributed by atoms with van der Waals surface area (Å²) in [6.07, 6.45) is -1.32. The molecule has 94 valence electrons. The second-order valence-corrected chi connectivity index (χ2v) is 2.82. The molecule has 0 aliphatic heterocycles. The summed E-state index contributed by atoms with van der Waals surface area (Å²) < 4.78 is 67.9. The van der Waals surface area contributed by atoms with Crippen molar-refractivity contribution in [1.82, 2.24) is 5.32 Å². The minimum absolute atomic E-state index is 0.0637. The molecule has 1 aromatic rings. The number of carbonyl (C=O) groups is 1. The fourth-order valence-corrected chi connectivity index (χ4v) is 0.947. The van der Waals surface area contributed by atoms with Crippen LogP contribution in [0.15, 0.2) is 0 Å². The van der Waals surface area contributed by atoms with Gasteiger partial charge in [-0.1, -0.05) is 0 Å². The fraction of sp³-hybridized carbons (Fsp3) is 0.222. The number of ether oxygens (including phenoxy) is 1. The van der Waals surface area contributed by atoms with Crippen LogP contribution in [0.2, 0.25) is 0 Å². The van der Waals surface area contributed by atoms with Crippen molar-refractivity contribution < 1.29 is 31.5 Å². The fourth-order valence-electron chi connectivity index (χ4n) is 0.947. The van der Waals surface area contributed by atoms with Gasteiger partial charge in [0.1, 0.15) is 0 Å². The lowest BCUT2D eigenvalue weighted by Gasteiger charge is -2.08. The standard InChI is InChI=1S/C9H6F5NO2/c1-2-15-9(16)17-8-6(13)4(11)3(10)5(12)7(8)14/h2H2,1H3,(H,15,16). The Kier molecular flexibility index (Phi) is 3.87. The highest BCUT2D eigenvalue weighted by Gasteiger charge is 2.28. The lowest BCUT2D eigenvalue weighted by Crippen LogP contribution is -2.27. The molecular formula is C9H6F5NO2. The van der Waals surface area contributed by atoms with E-state index < -0.39 is 40.9 Å². The molecular weight excluding hydrogens is 249 g/mol. The second kappa shape index (κ2) is 4.98. The van der Waals surface area contributed by atoms with E-state index in [1.165, 1.54) is 6.92 Å². The van der Waals surface area contributed by atoms with Crippen molar-refractivity contribution in [2.45, 2.75) is 6.92 Å². The van der Waals surface area contributed by atoms with E-state index in [0.717, 1.165) is 0 Å². The summed E-state index contributed by atoms with van der Waals surface area (Å²) in [5.74, 6) is -12.7. The first kappa shape index (κ1) is 13.2. The van der Waals surface area contributed by atoms with Crippen LogP contribution in [0.3, 0.4) is 0 Å². The third kappa shape index (κ3) is 2.45. The molecule has 0 unspecified atom stereocenters. The summed E-state index contributed by atoms with van der Waals surface area (Å²) in [6.45, 7) is 1.54. The Morgan fingerprint density at radius 2 is 1.41 bits per heavy atom. The van der Waals surface area contributed by atoms with E-state index >= 15 is 0 Å². The Morgan fingerprint density at radius 3 is 1.82 bits per heavy atom. The highest BCUT2D eigenvalue weighted by atomic mass is 19.2. The van der Waals surface area contributed by atoms with Crippen molar-refractivity contribution in [3.05, 3.63) is 29.1 Å². The van der Waals surface area contributed by atoms with Gasteiger partial charge in [-0.15, -0.1) is 0 Å². The van der Waals surface area contributed by atoms with Crippen molar-refractivity contribution >= 4 is 6.09 Å². The van der Waals surface area contributed by atoms with Crippen LogP contribution in [-0.2, 0) is 0 Å². The van der Waals surface area contributed by atoms with Gasteiger partial charge in [0.2, 0.25) is 34.8 Å². The van der Waals surface area contributed by atoms with E-state index in [1.807, 2.05) is 5.32 Å². The Bertz CT molecular complexity index is 434. The van der Waals surface area contributed by atoms with Gasteiger partial charge in [0.15, 0.2) is 0 Å². The van der Waals surface area contributed by atoms with Crippen molar-refractivity contribution in [2.24, 2.45) is 0 Å². The molecule has 0 saturated heterocycles. The zero-order valence-corrected chi connectivity index (χ0v) is 8.41. The van der Waals surface area contributed by atoms with Gasteiger partial charge in [-0.2, -0.15) is 8.78 Å². The lowest BCUT2D eigenvalue weighted by atomic mass is 10.2. The summed E-state index contributed by atoms with van der Waals surface area (Å²) in [4.78, 5) is 10.8. The molecule has 0 aromatic heterocycles. The van der Waals surface area contributed by atoms with Gasteiger partial charge < -0.3 is 10.1 Å². The van der Waals surface area contributed by atoms with Crippen molar-refractivity contribution in [1.29, 1.82) is 0 Å². The molecule has 0 aliphatic carbocycles. The minimum Gasteiger partial charge on any atom is -0.404 e. The maximum absolute atomic E-state index is 13.0. The molecule has 0 atom stereocenters. The quantitative estimate of drug-likeness (QED) is 0.501. The normalized spacial score (nSPS) is 10.2. The third-order valence-electron chi connectivity index (χ3n) is 1.69. The molecule has 1 aromatic carbocycles. The smallest absolute Gasteiger partial charge is 0.404 e. The highest BCUT2D eigenvalue weighted by molar-refractivity contribution is 5.70. The predicted octanol–water partition coefficient (Wildman–Crippen LogP) is 2.49. The average molecular weight is 255 g/mol. The first-order valence-corrected chi connectivity index (χ1v) is 4.37. The molecule has 0 spiro atoms. The molecule has 0 saturated carbocycles. The Balaban J connectivity index is 3.20. The van der Waals surface area contributed by atoms with E-state index in [1.54, 1.807) is 0 Å². The Labute approximate surface area is 92.2 Å². The van der Waals surface area contributed by atoms with Gasteiger partial charge in [-0.05, 0) is 6.92 Å². The predicted molar refractivity (Wildman–Crippen MR) is 45.9 cm³/mol. The number of hydrogen-bond acceptors (Lipinski definition) is 2. The zero-order valence-electron chi connectivity index (χ0n) is 8.41. The van der Waals surface area contributed by atoms with Crippen LogP contribution >= 0.6 is 0 Å². The molecule has 0 radical (unpaired) electrons. The molecule has 3 nitrogen and oxygen atoms in total. The SMILES string of the molecule is CCNC(=O)Oc1c(F)c(F)c(F)c(F)c1F. The Hall–Kier alpha value is -1.86. The molecule has 0 bridgehead atoms. The van der Waals surface area contributed by atoms with E-state index in [-0.39, 0.29) is 6.54 Å². The van der Waals surface area contributed by atoms with Gasteiger partial charge in [0, 0.05) is 6.54 Å². The summed E-state index contributed by atoms with van der Waals surface area (Å²) in [5.41, 5.74) is 0. The van der Waals surface area contributed by atoms with Crippen molar-refractivity contribution in [2.75, 3.05) is 6.54 Å². The van der Waals surface area contributed by atoms with Crippen LogP contribution in [0.5, 0.6) is 5.75 Å². The van der Waals surface area contributed by atoms with E-state index in [2.05, 4.69) is 4.74 Å². The molecule has 1 rings (SSSR count). The van der Waals surface area contributed by atoms with Crippen molar-refractivity contribution in [3.8, 4) is 5.75 Å². The second-order valence-electron chi connectivity index (χ2n) is 2.82. The summed E-state index contributed by atoms with van der Waals surface area (Å²) >= 11 is 0. The molecule has 0 aliphatic rings. The van der Waals surface area contributed by atoms with Crippen LogP contribution < -0.4 is 10.1 Å². The summed E-state index contributed by atoms with van der Waals surface area (Å²) in [5, 5.41) is 1.97. The van der Waals surface area contributed by atoms with Gasteiger partial charge >= 0.3 is 6.09 Å². The minimum atomic E-state index is -2.32. The Morgan fingerprint density at radius 1 is 1.00 bits per heavy atom. The molecule has 1 N–H and O–H groups in total. The lowest BCUT2D eigenvalue weighted by molar-refractivity contribution is 0.194. The highest BCUT2D eigenvalue weighted by Crippen LogP contribution is 2.28.